The molecule has 4 nitrogen and oxygen atoms in total. The van der Waals surface area contributed by atoms with Gasteiger partial charge in [0.25, 0.3) is 0 Å². The standard InChI is InChI=1S/C15H17F17O4Si/c1-4-34-37(35-5-2,36-6-3)7-33-15(31,32)13(26,27)11(22,23)9(18,19)8(16,17)10(20,21)12(24,25)14(28,29)30/h4-7H2,1-3H3. The maximum absolute atomic E-state index is 13.9. The normalized spacial score (nSPS) is 15.9. The minimum atomic E-state index is -8.71. The summed E-state index contributed by atoms with van der Waals surface area (Å²) >= 11 is 0. The second kappa shape index (κ2) is 10.8. The Bertz CT molecular complexity index is 738. The molecule has 0 radical (unpaired) electrons. The van der Waals surface area contributed by atoms with Crippen LogP contribution >= 0.6 is 0 Å². The zero-order valence-electron chi connectivity index (χ0n) is 18.4. The molecule has 0 aliphatic rings. The van der Waals surface area contributed by atoms with Crippen molar-refractivity contribution in [1.82, 2.24) is 0 Å². The molecule has 0 aliphatic heterocycles. The third-order valence-corrected chi connectivity index (χ3v) is 6.90. The van der Waals surface area contributed by atoms with Crippen LogP contribution in [0.2, 0.25) is 0 Å². The fraction of sp³-hybridized carbons (Fsp3) is 1.00. The topological polar surface area (TPSA) is 36.9 Å². The molecule has 224 valence electrons. The maximum Gasteiger partial charge on any atom is 0.528 e. The van der Waals surface area contributed by atoms with E-state index >= 15 is 0 Å². The lowest BCUT2D eigenvalue weighted by Crippen LogP contribution is -2.74. The van der Waals surface area contributed by atoms with Crippen molar-refractivity contribution in [2.24, 2.45) is 0 Å². The number of halogens is 17. The molecule has 0 saturated carbocycles. The molecule has 0 aromatic carbocycles. The smallest absolute Gasteiger partial charge is 0.372 e. The van der Waals surface area contributed by atoms with E-state index < -0.39 is 82.7 Å². The molecule has 0 aromatic heterocycles. The molecule has 0 bridgehead atoms. The first-order valence-corrected chi connectivity index (χ1v) is 11.3. The lowest BCUT2D eigenvalue weighted by Gasteiger charge is -2.42. The maximum atomic E-state index is 13.9. The Kier molecular flexibility index (Phi) is 10.5. The van der Waals surface area contributed by atoms with Crippen LogP contribution in [0.3, 0.4) is 0 Å². The first kappa shape index (κ1) is 35.9. The van der Waals surface area contributed by atoms with E-state index in [1.165, 1.54) is 0 Å². The van der Waals surface area contributed by atoms with Gasteiger partial charge in [-0.15, -0.1) is 0 Å². The van der Waals surface area contributed by atoms with E-state index in [2.05, 4.69) is 4.74 Å². The first-order valence-electron chi connectivity index (χ1n) is 9.41. The molecular weight excluding hydrogens is 595 g/mol. The highest BCUT2D eigenvalue weighted by molar-refractivity contribution is 6.60. The zero-order chi connectivity index (χ0) is 30.2. The van der Waals surface area contributed by atoms with E-state index in [1.807, 2.05) is 0 Å². The highest BCUT2D eigenvalue weighted by atomic mass is 28.4. The molecule has 37 heavy (non-hydrogen) atoms. The van der Waals surface area contributed by atoms with Crippen molar-refractivity contribution in [3.63, 3.8) is 0 Å². The first-order chi connectivity index (χ1) is 16.1. The molecule has 0 heterocycles. The molecule has 22 heteroatoms. The third-order valence-electron chi connectivity index (χ3n) is 4.22. The Morgan fingerprint density at radius 1 is 0.432 bits per heavy atom. The second-order valence-corrected chi connectivity index (χ2v) is 9.25. The lowest BCUT2D eigenvalue weighted by atomic mass is 9.90. The molecule has 0 aromatic rings. The van der Waals surface area contributed by atoms with Gasteiger partial charge in [0.1, 0.15) is 6.23 Å². The summed E-state index contributed by atoms with van der Waals surface area (Å²) in [4.78, 5) is 0. The SMILES string of the molecule is CCO[Si](COC(F)(F)C(F)(F)C(F)(F)C(F)(F)C(F)(F)C(F)(F)C(F)(F)C(F)(F)F)(OCC)OCC. The van der Waals surface area contributed by atoms with Crippen molar-refractivity contribution in [2.75, 3.05) is 26.1 Å². The quantitative estimate of drug-likeness (QED) is 0.155. The molecule has 0 fully saturated rings. The van der Waals surface area contributed by atoms with Gasteiger partial charge in [0, 0.05) is 19.8 Å². The van der Waals surface area contributed by atoms with Crippen molar-refractivity contribution in [3.8, 4) is 0 Å². The molecule has 0 aliphatic carbocycles. The Hall–Kier alpha value is -1.13. The van der Waals surface area contributed by atoms with Gasteiger partial charge < -0.3 is 18.0 Å². The summed E-state index contributed by atoms with van der Waals surface area (Å²) < 4.78 is 243. The highest BCUT2D eigenvalue weighted by Crippen LogP contribution is 2.64. The Balaban J connectivity index is 6.57. The van der Waals surface area contributed by atoms with Gasteiger partial charge in [-0.3, -0.25) is 0 Å². The predicted molar refractivity (Wildman–Crippen MR) is 87.3 cm³/mol. The Morgan fingerprint density at radius 3 is 0.973 bits per heavy atom. The van der Waals surface area contributed by atoms with E-state index in [4.69, 9.17) is 13.3 Å². The monoisotopic (exact) mass is 612 g/mol. The predicted octanol–water partition coefficient (Wildman–Crippen LogP) is 6.56. The highest BCUT2D eigenvalue weighted by Gasteiger charge is 2.95. The van der Waals surface area contributed by atoms with Gasteiger partial charge in [-0.1, -0.05) is 0 Å². The largest absolute Gasteiger partial charge is 0.528 e. The van der Waals surface area contributed by atoms with Gasteiger partial charge in [-0.2, -0.15) is 74.6 Å². The van der Waals surface area contributed by atoms with Gasteiger partial charge in [0.2, 0.25) is 0 Å². The van der Waals surface area contributed by atoms with Gasteiger partial charge in [-0.05, 0) is 20.8 Å². The van der Waals surface area contributed by atoms with Crippen LogP contribution in [0.25, 0.3) is 0 Å². The van der Waals surface area contributed by atoms with E-state index in [0.717, 1.165) is 20.8 Å². The fourth-order valence-corrected chi connectivity index (χ4v) is 4.51. The minimum Gasteiger partial charge on any atom is -0.372 e. The van der Waals surface area contributed by atoms with Crippen LogP contribution in [0.15, 0.2) is 0 Å². The summed E-state index contributed by atoms with van der Waals surface area (Å²) in [5.41, 5.74) is 0. The van der Waals surface area contributed by atoms with Crippen molar-refractivity contribution in [3.05, 3.63) is 0 Å². The van der Waals surface area contributed by atoms with E-state index in [9.17, 15) is 74.6 Å². The van der Waals surface area contributed by atoms with Gasteiger partial charge in [0.05, 0.1) is 0 Å². The second-order valence-electron chi connectivity index (χ2n) is 6.73. The molecule has 0 N–H and O–H groups in total. The third kappa shape index (κ3) is 5.76. The molecule has 0 rings (SSSR count). The Labute approximate surface area is 197 Å². The summed E-state index contributed by atoms with van der Waals surface area (Å²) in [5.74, 6) is -50.6. The van der Waals surface area contributed by atoms with Crippen molar-refractivity contribution >= 4 is 8.80 Å². The van der Waals surface area contributed by atoms with Crippen LogP contribution in [0.5, 0.6) is 0 Å². The van der Waals surface area contributed by atoms with Crippen molar-refractivity contribution < 1.29 is 92.7 Å². The summed E-state index contributed by atoms with van der Waals surface area (Å²) in [6.07, 6.45) is -16.9. The molecule has 0 atom stereocenters. The van der Waals surface area contributed by atoms with Gasteiger partial charge in [0.15, 0.2) is 0 Å². The summed E-state index contributed by atoms with van der Waals surface area (Å²) in [7, 11) is -4.66. The number of hydrogen-bond donors (Lipinski definition) is 0. The number of hydrogen-bond acceptors (Lipinski definition) is 4. The van der Waals surface area contributed by atoms with Crippen LogP contribution in [0.4, 0.5) is 74.6 Å². The number of ether oxygens (including phenoxy) is 1. The van der Waals surface area contributed by atoms with Crippen LogP contribution in [0.1, 0.15) is 20.8 Å². The average Bonchev–Trinajstić information content (AvgIpc) is 2.71. The van der Waals surface area contributed by atoms with Crippen molar-refractivity contribution in [2.45, 2.75) is 68.6 Å². The van der Waals surface area contributed by atoms with E-state index in [-0.39, 0.29) is 0 Å². The molecule has 0 amide bonds. The van der Waals surface area contributed by atoms with Crippen molar-refractivity contribution in [1.29, 1.82) is 0 Å². The Morgan fingerprint density at radius 2 is 0.703 bits per heavy atom. The van der Waals surface area contributed by atoms with Gasteiger partial charge >= 0.3 is 56.6 Å². The van der Waals surface area contributed by atoms with Crippen LogP contribution in [-0.2, 0) is 18.0 Å². The van der Waals surface area contributed by atoms with Crippen LogP contribution in [-0.4, -0.2) is 82.7 Å². The lowest BCUT2D eigenvalue weighted by molar-refractivity contribution is -0.477. The van der Waals surface area contributed by atoms with Gasteiger partial charge in [-0.25, -0.2) is 0 Å². The fourth-order valence-electron chi connectivity index (χ4n) is 2.33. The van der Waals surface area contributed by atoms with Crippen LogP contribution in [0, 0.1) is 0 Å². The summed E-state index contributed by atoms with van der Waals surface area (Å²) in [6.45, 7) is 1.92. The van der Waals surface area contributed by atoms with Crippen LogP contribution < -0.4 is 0 Å². The molecular formula is C15H17F17O4Si. The molecule has 0 saturated heterocycles. The minimum absolute atomic E-state index is 0.500. The number of alkyl halides is 17. The molecule has 0 unspecified atom stereocenters. The van der Waals surface area contributed by atoms with E-state index in [0.29, 0.717) is 0 Å². The van der Waals surface area contributed by atoms with E-state index in [1.54, 1.807) is 0 Å². The molecule has 0 spiro atoms. The summed E-state index contributed by atoms with van der Waals surface area (Å²) in [6, 6.07) is 0. The number of rotatable bonds is 15. The summed E-state index contributed by atoms with van der Waals surface area (Å²) in [5, 5.41) is 0. The average molecular weight is 612 g/mol. The zero-order valence-corrected chi connectivity index (χ0v) is 19.4.